The van der Waals surface area contributed by atoms with Crippen molar-refractivity contribution in [2.45, 2.75) is 0 Å². The zero-order valence-electron chi connectivity index (χ0n) is 10.5. The van der Waals surface area contributed by atoms with Crippen LogP contribution >= 0.6 is 11.6 Å². The summed E-state index contributed by atoms with van der Waals surface area (Å²) >= 11 is 5.89. The lowest BCUT2D eigenvalue weighted by Crippen LogP contribution is -2.08. The third-order valence-corrected chi connectivity index (χ3v) is 2.92. The van der Waals surface area contributed by atoms with Crippen LogP contribution in [-0.2, 0) is 0 Å². The minimum absolute atomic E-state index is 0.130. The highest BCUT2D eigenvalue weighted by Crippen LogP contribution is 2.26. The highest BCUT2D eigenvalue weighted by Gasteiger charge is 2.17. The summed E-state index contributed by atoms with van der Waals surface area (Å²) < 4.78 is 5.24. The van der Waals surface area contributed by atoms with Gasteiger partial charge in [0.15, 0.2) is 12.4 Å². The molecule has 0 aromatic heterocycles. The minimum atomic E-state index is -0.293. The molecule has 0 aliphatic heterocycles. The molecule has 2 aromatic carbocycles. The summed E-state index contributed by atoms with van der Waals surface area (Å²) in [6.45, 7) is -0.130. The molecule has 0 bridgehead atoms. The molecule has 4 nitrogen and oxygen atoms in total. The molecule has 2 N–H and O–H groups in total. The SMILES string of the molecule is N#CCOc1ccccc1C(=O)c1cc(Cl)ccc1N. The maximum absolute atomic E-state index is 12.5. The quantitative estimate of drug-likeness (QED) is 0.692. The molecule has 2 rings (SSSR count). The van der Waals surface area contributed by atoms with Crippen molar-refractivity contribution in [2.24, 2.45) is 0 Å². The lowest BCUT2D eigenvalue weighted by molar-refractivity contribution is 0.103. The van der Waals surface area contributed by atoms with Crippen molar-refractivity contribution in [3.8, 4) is 11.8 Å². The number of carbonyl (C=O) groups excluding carboxylic acids is 1. The number of hydrogen-bond acceptors (Lipinski definition) is 4. The number of anilines is 1. The second kappa shape index (κ2) is 6.09. The number of nitriles is 1. The molecule has 100 valence electrons. The highest BCUT2D eigenvalue weighted by atomic mass is 35.5. The Morgan fingerprint density at radius 3 is 2.75 bits per heavy atom. The lowest BCUT2D eigenvalue weighted by atomic mass is 10.0. The number of rotatable bonds is 4. The van der Waals surface area contributed by atoms with Gasteiger partial charge in [0.2, 0.25) is 0 Å². The number of para-hydroxylation sites is 1. The zero-order valence-corrected chi connectivity index (χ0v) is 11.2. The summed E-state index contributed by atoms with van der Waals surface area (Å²) in [6.07, 6.45) is 0. The fourth-order valence-corrected chi connectivity index (χ4v) is 1.93. The standard InChI is InChI=1S/C15H11ClN2O2/c16-10-5-6-13(18)12(9-10)15(19)11-3-1-2-4-14(11)20-8-7-17/h1-6,9H,8,18H2. The molecule has 0 unspecified atom stereocenters. The van der Waals surface area contributed by atoms with Crippen molar-refractivity contribution in [2.75, 3.05) is 12.3 Å². The number of nitrogens with zero attached hydrogens (tertiary/aromatic N) is 1. The van der Waals surface area contributed by atoms with Crippen LogP contribution in [0.5, 0.6) is 5.75 Å². The van der Waals surface area contributed by atoms with E-state index in [2.05, 4.69) is 0 Å². The summed E-state index contributed by atoms with van der Waals surface area (Å²) in [5.74, 6) is 0.0527. The first-order chi connectivity index (χ1) is 9.63. The maximum atomic E-state index is 12.5. The minimum Gasteiger partial charge on any atom is -0.478 e. The second-order valence-corrected chi connectivity index (χ2v) is 4.44. The van der Waals surface area contributed by atoms with Crippen LogP contribution in [0.15, 0.2) is 42.5 Å². The molecule has 0 heterocycles. The summed E-state index contributed by atoms with van der Waals surface area (Å²) in [5.41, 5.74) is 6.80. The van der Waals surface area contributed by atoms with E-state index >= 15 is 0 Å². The molecule has 20 heavy (non-hydrogen) atoms. The molecular formula is C15H11ClN2O2. The van der Waals surface area contributed by atoms with Gasteiger partial charge in [-0.3, -0.25) is 4.79 Å². The predicted octanol–water partition coefficient (Wildman–Crippen LogP) is 3.06. The fraction of sp³-hybridized carbons (Fsp3) is 0.0667. The summed E-state index contributed by atoms with van der Waals surface area (Å²) in [4.78, 5) is 12.5. The Morgan fingerprint density at radius 2 is 2.00 bits per heavy atom. The first kappa shape index (κ1) is 13.9. The van der Waals surface area contributed by atoms with E-state index in [1.165, 1.54) is 6.07 Å². The van der Waals surface area contributed by atoms with Crippen LogP contribution in [0.25, 0.3) is 0 Å². The molecule has 0 spiro atoms. The number of hydrogen-bond donors (Lipinski definition) is 1. The second-order valence-electron chi connectivity index (χ2n) is 4.00. The molecule has 2 aromatic rings. The molecule has 0 amide bonds. The van der Waals surface area contributed by atoms with E-state index in [9.17, 15) is 4.79 Å². The van der Waals surface area contributed by atoms with Gasteiger partial charge < -0.3 is 10.5 Å². The van der Waals surface area contributed by atoms with Crippen molar-refractivity contribution < 1.29 is 9.53 Å². The van der Waals surface area contributed by atoms with Crippen molar-refractivity contribution >= 4 is 23.1 Å². The predicted molar refractivity (Wildman–Crippen MR) is 76.8 cm³/mol. The fourth-order valence-electron chi connectivity index (χ4n) is 1.76. The third-order valence-electron chi connectivity index (χ3n) is 2.68. The van der Waals surface area contributed by atoms with Gasteiger partial charge in [-0.15, -0.1) is 0 Å². The van der Waals surface area contributed by atoms with Crippen LogP contribution in [0.4, 0.5) is 5.69 Å². The Bertz CT molecular complexity index is 693. The number of ketones is 1. The smallest absolute Gasteiger partial charge is 0.198 e. The van der Waals surface area contributed by atoms with E-state index in [1.54, 1.807) is 36.4 Å². The average Bonchev–Trinajstić information content (AvgIpc) is 2.47. The Hall–Kier alpha value is -2.51. The van der Waals surface area contributed by atoms with Gasteiger partial charge in [0.05, 0.1) is 5.56 Å². The molecule has 0 atom stereocenters. The topological polar surface area (TPSA) is 76.1 Å². The molecule has 0 aliphatic rings. The Labute approximate surface area is 121 Å². The first-order valence-electron chi connectivity index (χ1n) is 5.82. The zero-order chi connectivity index (χ0) is 14.5. The number of benzene rings is 2. The lowest BCUT2D eigenvalue weighted by Gasteiger charge is -2.10. The van der Waals surface area contributed by atoms with Crippen molar-refractivity contribution in [3.63, 3.8) is 0 Å². The molecule has 0 aliphatic carbocycles. The molecule has 0 radical (unpaired) electrons. The van der Waals surface area contributed by atoms with Crippen LogP contribution in [0, 0.1) is 11.3 Å². The van der Waals surface area contributed by atoms with Gasteiger partial charge in [0.1, 0.15) is 11.8 Å². The van der Waals surface area contributed by atoms with Crippen LogP contribution in [0.2, 0.25) is 5.02 Å². The van der Waals surface area contributed by atoms with E-state index in [1.807, 2.05) is 6.07 Å². The van der Waals surface area contributed by atoms with Crippen molar-refractivity contribution in [1.29, 1.82) is 5.26 Å². The summed E-state index contributed by atoms with van der Waals surface area (Å²) in [7, 11) is 0. The molecule has 0 fully saturated rings. The molecular weight excluding hydrogens is 276 g/mol. The van der Waals surface area contributed by atoms with E-state index in [4.69, 9.17) is 27.3 Å². The Morgan fingerprint density at radius 1 is 1.25 bits per heavy atom. The van der Waals surface area contributed by atoms with Crippen molar-refractivity contribution in [3.05, 3.63) is 58.6 Å². The van der Waals surface area contributed by atoms with Gasteiger partial charge in [0, 0.05) is 16.3 Å². The third kappa shape index (κ3) is 2.90. The van der Waals surface area contributed by atoms with Crippen LogP contribution in [0.1, 0.15) is 15.9 Å². The van der Waals surface area contributed by atoms with Gasteiger partial charge >= 0.3 is 0 Å². The number of ether oxygens (including phenoxy) is 1. The van der Waals surface area contributed by atoms with Gasteiger partial charge in [0.25, 0.3) is 0 Å². The first-order valence-corrected chi connectivity index (χ1v) is 6.20. The highest BCUT2D eigenvalue weighted by molar-refractivity contribution is 6.31. The van der Waals surface area contributed by atoms with Gasteiger partial charge in [-0.1, -0.05) is 23.7 Å². The van der Waals surface area contributed by atoms with E-state index in [-0.39, 0.29) is 12.4 Å². The average molecular weight is 287 g/mol. The summed E-state index contributed by atoms with van der Waals surface area (Å²) in [6, 6.07) is 13.3. The number of halogens is 1. The number of nitrogen functional groups attached to an aromatic ring is 1. The Balaban J connectivity index is 2.43. The largest absolute Gasteiger partial charge is 0.478 e. The van der Waals surface area contributed by atoms with Gasteiger partial charge in [-0.05, 0) is 30.3 Å². The van der Waals surface area contributed by atoms with Crippen molar-refractivity contribution in [1.82, 2.24) is 0 Å². The van der Waals surface area contributed by atoms with Crippen LogP contribution in [-0.4, -0.2) is 12.4 Å². The van der Waals surface area contributed by atoms with Crippen LogP contribution in [0.3, 0.4) is 0 Å². The molecule has 0 saturated heterocycles. The number of nitrogens with two attached hydrogens (primary N) is 1. The van der Waals surface area contributed by atoms with Gasteiger partial charge in [-0.25, -0.2) is 0 Å². The molecule has 0 saturated carbocycles. The Kier molecular flexibility index (Phi) is 4.24. The number of carbonyl (C=O) groups is 1. The summed E-state index contributed by atoms with van der Waals surface area (Å²) in [5, 5.41) is 8.99. The monoisotopic (exact) mass is 286 g/mol. The van der Waals surface area contributed by atoms with Gasteiger partial charge in [-0.2, -0.15) is 5.26 Å². The van der Waals surface area contributed by atoms with E-state index in [0.29, 0.717) is 27.6 Å². The maximum Gasteiger partial charge on any atom is 0.198 e. The van der Waals surface area contributed by atoms with E-state index < -0.39 is 0 Å². The van der Waals surface area contributed by atoms with Crippen LogP contribution < -0.4 is 10.5 Å². The molecule has 5 heteroatoms. The van der Waals surface area contributed by atoms with E-state index in [0.717, 1.165) is 0 Å². The normalized spacial score (nSPS) is 9.80.